The normalized spacial score (nSPS) is 34.1. The Hall–Kier alpha value is -0.570. The molecule has 2 unspecified atom stereocenters. The molecule has 0 aromatic heterocycles. The second-order valence-electron chi connectivity index (χ2n) is 5.72. The number of likely N-dealkylation sites (tertiary alicyclic amines) is 1. The lowest BCUT2D eigenvalue weighted by Gasteiger charge is -2.37. The van der Waals surface area contributed by atoms with E-state index < -0.39 is 5.54 Å². The maximum atomic E-state index is 12.5. The van der Waals surface area contributed by atoms with E-state index in [0.29, 0.717) is 12.0 Å². The molecule has 0 radical (unpaired) electrons. The summed E-state index contributed by atoms with van der Waals surface area (Å²) in [6.45, 7) is 5.28. The second-order valence-corrected chi connectivity index (χ2v) is 5.72. The molecule has 1 amide bonds. The molecule has 1 saturated heterocycles. The fraction of sp³-hybridized carbons (Fsp3) is 0.923. The number of rotatable bonds is 1. The van der Waals surface area contributed by atoms with Crippen LogP contribution in [0.4, 0.5) is 0 Å². The van der Waals surface area contributed by atoms with Crippen molar-refractivity contribution < 1.29 is 4.79 Å². The fourth-order valence-electron chi connectivity index (χ4n) is 3.06. The number of carbonyl (C=O) groups excluding carboxylic acids is 1. The van der Waals surface area contributed by atoms with Crippen molar-refractivity contribution in [2.24, 2.45) is 11.7 Å². The molecule has 3 nitrogen and oxygen atoms in total. The van der Waals surface area contributed by atoms with Crippen molar-refractivity contribution in [2.45, 2.75) is 64.0 Å². The molecule has 92 valence electrons. The number of nitrogens with two attached hydrogens (primary N) is 1. The molecule has 1 saturated carbocycles. The van der Waals surface area contributed by atoms with Crippen molar-refractivity contribution in [3.8, 4) is 0 Å². The quantitative estimate of drug-likeness (QED) is 0.739. The van der Waals surface area contributed by atoms with Gasteiger partial charge in [0.2, 0.25) is 5.91 Å². The first kappa shape index (κ1) is 11.9. The lowest BCUT2D eigenvalue weighted by atomic mass is 9.81. The van der Waals surface area contributed by atoms with Gasteiger partial charge in [0.25, 0.3) is 0 Å². The molecule has 3 heteroatoms. The van der Waals surface area contributed by atoms with Gasteiger partial charge in [-0.25, -0.2) is 0 Å². The maximum absolute atomic E-state index is 12.5. The number of hydrogen-bond acceptors (Lipinski definition) is 2. The molecule has 1 aliphatic carbocycles. The van der Waals surface area contributed by atoms with E-state index >= 15 is 0 Å². The van der Waals surface area contributed by atoms with Gasteiger partial charge in [-0.05, 0) is 32.1 Å². The predicted octanol–water partition coefficient (Wildman–Crippen LogP) is 1.90. The summed E-state index contributed by atoms with van der Waals surface area (Å²) in [4.78, 5) is 14.5. The Labute approximate surface area is 98.4 Å². The molecule has 0 spiro atoms. The Morgan fingerprint density at radius 2 is 1.88 bits per heavy atom. The smallest absolute Gasteiger partial charge is 0.242 e. The first-order valence-corrected chi connectivity index (χ1v) is 6.64. The zero-order chi connectivity index (χ0) is 11.8. The highest BCUT2D eigenvalue weighted by Crippen LogP contribution is 2.32. The van der Waals surface area contributed by atoms with Crippen LogP contribution < -0.4 is 5.73 Å². The third-order valence-corrected chi connectivity index (χ3v) is 4.57. The average Bonchev–Trinajstić information content (AvgIpc) is 2.60. The molecule has 2 aliphatic rings. The molecule has 0 bridgehead atoms. The largest absolute Gasteiger partial charge is 0.338 e. The molecule has 0 aromatic rings. The van der Waals surface area contributed by atoms with E-state index in [9.17, 15) is 4.79 Å². The highest BCUT2D eigenvalue weighted by atomic mass is 16.2. The molecular formula is C13H24N2O. The summed E-state index contributed by atoms with van der Waals surface area (Å²) in [5.74, 6) is 0.834. The lowest BCUT2D eigenvalue weighted by Crippen LogP contribution is -2.57. The highest BCUT2D eigenvalue weighted by molar-refractivity contribution is 5.86. The van der Waals surface area contributed by atoms with Gasteiger partial charge in [0.1, 0.15) is 0 Å². The summed E-state index contributed by atoms with van der Waals surface area (Å²) in [6.07, 6.45) is 6.34. The minimum Gasteiger partial charge on any atom is -0.338 e. The molecule has 2 fully saturated rings. The summed E-state index contributed by atoms with van der Waals surface area (Å²) in [7, 11) is 0. The van der Waals surface area contributed by atoms with Crippen LogP contribution >= 0.6 is 0 Å². The van der Waals surface area contributed by atoms with Gasteiger partial charge in [-0.3, -0.25) is 4.79 Å². The van der Waals surface area contributed by atoms with Crippen LogP contribution in [0.3, 0.4) is 0 Å². The van der Waals surface area contributed by atoms with E-state index in [2.05, 4.69) is 13.8 Å². The molecular weight excluding hydrogens is 200 g/mol. The van der Waals surface area contributed by atoms with Gasteiger partial charge < -0.3 is 10.6 Å². The second kappa shape index (κ2) is 4.36. The van der Waals surface area contributed by atoms with Crippen LogP contribution in [-0.4, -0.2) is 28.9 Å². The number of amides is 1. The molecule has 0 aromatic carbocycles. The summed E-state index contributed by atoms with van der Waals surface area (Å²) in [5, 5.41) is 0. The lowest BCUT2D eigenvalue weighted by molar-refractivity contribution is -0.139. The Morgan fingerprint density at radius 3 is 2.38 bits per heavy atom. The van der Waals surface area contributed by atoms with Gasteiger partial charge in [0.05, 0.1) is 5.54 Å². The fourth-order valence-corrected chi connectivity index (χ4v) is 3.06. The molecule has 16 heavy (non-hydrogen) atoms. The van der Waals surface area contributed by atoms with E-state index in [4.69, 9.17) is 5.73 Å². The van der Waals surface area contributed by atoms with E-state index in [1.165, 1.54) is 6.42 Å². The molecule has 1 heterocycles. The van der Waals surface area contributed by atoms with Crippen LogP contribution in [0.25, 0.3) is 0 Å². The molecule has 2 rings (SSSR count). The van der Waals surface area contributed by atoms with Crippen molar-refractivity contribution in [3.63, 3.8) is 0 Å². The Morgan fingerprint density at radius 1 is 1.25 bits per heavy atom. The third kappa shape index (κ3) is 1.97. The van der Waals surface area contributed by atoms with Gasteiger partial charge >= 0.3 is 0 Å². The van der Waals surface area contributed by atoms with Gasteiger partial charge in [-0.1, -0.05) is 26.2 Å². The van der Waals surface area contributed by atoms with Crippen LogP contribution in [0.1, 0.15) is 52.4 Å². The standard InChI is InChI=1S/C13H24N2O/c1-10-6-9-15(11(10)2)12(16)13(14)7-4-3-5-8-13/h10-11H,3-9,14H2,1-2H3. The van der Waals surface area contributed by atoms with E-state index in [1.807, 2.05) is 4.90 Å². The van der Waals surface area contributed by atoms with Crippen molar-refractivity contribution >= 4 is 5.91 Å². The zero-order valence-corrected chi connectivity index (χ0v) is 10.5. The van der Waals surface area contributed by atoms with Crippen molar-refractivity contribution in [2.75, 3.05) is 6.54 Å². The zero-order valence-electron chi connectivity index (χ0n) is 10.5. The van der Waals surface area contributed by atoms with E-state index in [0.717, 1.165) is 38.6 Å². The third-order valence-electron chi connectivity index (χ3n) is 4.57. The number of hydrogen-bond donors (Lipinski definition) is 1. The minimum absolute atomic E-state index is 0.212. The average molecular weight is 224 g/mol. The minimum atomic E-state index is -0.545. The summed E-state index contributed by atoms with van der Waals surface area (Å²) < 4.78 is 0. The molecule has 2 N–H and O–H groups in total. The van der Waals surface area contributed by atoms with Crippen molar-refractivity contribution in [1.82, 2.24) is 4.90 Å². The molecule has 1 aliphatic heterocycles. The van der Waals surface area contributed by atoms with Crippen LogP contribution in [-0.2, 0) is 4.79 Å². The maximum Gasteiger partial charge on any atom is 0.242 e. The van der Waals surface area contributed by atoms with Gasteiger partial charge in [-0.2, -0.15) is 0 Å². The Kier molecular flexibility index (Phi) is 3.24. The van der Waals surface area contributed by atoms with Gasteiger partial charge in [-0.15, -0.1) is 0 Å². The van der Waals surface area contributed by atoms with E-state index in [-0.39, 0.29) is 5.91 Å². The molecule has 2 atom stereocenters. The SMILES string of the molecule is CC1CCN(C(=O)C2(N)CCCCC2)C1C. The summed E-state index contributed by atoms with van der Waals surface area (Å²) in [6, 6.07) is 0.370. The van der Waals surface area contributed by atoms with Crippen LogP contribution in [0.15, 0.2) is 0 Å². The topological polar surface area (TPSA) is 46.3 Å². The van der Waals surface area contributed by atoms with Gasteiger partial charge in [0.15, 0.2) is 0 Å². The van der Waals surface area contributed by atoms with Crippen molar-refractivity contribution in [1.29, 1.82) is 0 Å². The van der Waals surface area contributed by atoms with Crippen molar-refractivity contribution in [3.05, 3.63) is 0 Å². The number of carbonyl (C=O) groups is 1. The first-order valence-electron chi connectivity index (χ1n) is 6.64. The Balaban J connectivity index is 2.06. The van der Waals surface area contributed by atoms with E-state index in [1.54, 1.807) is 0 Å². The van der Waals surface area contributed by atoms with Gasteiger partial charge in [0, 0.05) is 12.6 Å². The monoisotopic (exact) mass is 224 g/mol. The van der Waals surface area contributed by atoms with Crippen LogP contribution in [0.2, 0.25) is 0 Å². The highest BCUT2D eigenvalue weighted by Gasteiger charge is 2.42. The summed E-state index contributed by atoms with van der Waals surface area (Å²) >= 11 is 0. The summed E-state index contributed by atoms with van der Waals surface area (Å²) in [5.41, 5.74) is 5.75. The van der Waals surface area contributed by atoms with Crippen LogP contribution in [0.5, 0.6) is 0 Å². The first-order chi connectivity index (χ1) is 7.54. The van der Waals surface area contributed by atoms with Crippen LogP contribution in [0, 0.1) is 5.92 Å². The predicted molar refractivity (Wildman–Crippen MR) is 65.0 cm³/mol. The Bertz CT molecular complexity index is 271. The number of nitrogens with zero attached hydrogens (tertiary/aromatic N) is 1.